The Morgan fingerprint density at radius 3 is 2.46 bits per heavy atom. The molecule has 0 aliphatic heterocycles. The van der Waals surface area contributed by atoms with E-state index in [9.17, 15) is 5.11 Å². The van der Waals surface area contributed by atoms with E-state index in [1.807, 2.05) is 0 Å². The van der Waals surface area contributed by atoms with Gasteiger partial charge in [0.15, 0.2) is 5.79 Å². The van der Waals surface area contributed by atoms with E-state index < -0.39 is 5.79 Å². The third-order valence-electron chi connectivity index (χ3n) is 2.35. The van der Waals surface area contributed by atoms with Gasteiger partial charge in [0.1, 0.15) is 0 Å². The average Bonchev–Trinajstić information content (AvgIpc) is 2.29. The van der Waals surface area contributed by atoms with E-state index in [1.165, 1.54) is 0 Å². The van der Waals surface area contributed by atoms with Gasteiger partial charge in [0.2, 0.25) is 0 Å². The first-order valence-corrected chi connectivity index (χ1v) is 4.69. The Morgan fingerprint density at radius 2 is 2.08 bits per heavy atom. The van der Waals surface area contributed by atoms with E-state index in [-0.39, 0.29) is 24.7 Å². The van der Waals surface area contributed by atoms with Crippen LogP contribution in [0, 0.1) is 5.92 Å². The molecule has 0 bridgehead atoms. The van der Waals surface area contributed by atoms with Crippen LogP contribution in [0.2, 0.25) is 0 Å². The van der Waals surface area contributed by atoms with Gasteiger partial charge >= 0.3 is 0 Å². The molecule has 0 aromatic heterocycles. The van der Waals surface area contributed by atoms with Gasteiger partial charge in [-0.25, -0.2) is 0 Å². The summed E-state index contributed by atoms with van der Waals surface area (Å²) in [5, 5.41) is 18.3. The van der Waals surface area contributed by atoms with Crippen molar-refractivity contribution in [3.63, 3.8) is 0 Å². The molecular formula is C9H19NO3. The van der Waals surface area contributed by atoms with Gasteiger partial charge in [-0.3, -0.25) is 0 Å². The number of aliphatic hydroxyl groups excluding tert-OH is 1. The highest BCUT2D eigenvalue weighted by Gasteiger charge is 2.35. The van der Waals surface area contributed by atoms with Crippen LogP contribution < -0.4 is 5.73 Å². The van der Waals surface area contributed by atoms with Crippen molar-refractivity contribution in [2.45, 2.75) is 44.6 Å². The molecule has 0 amide bonds. The van der Waals surface area contributed by atoms with Crippen molar-refractivity contribution in [2.75, 3.05) is 6.61 Å². The molecule has 0 aromatic rings. The van der Waals surface area contributed by atoms with Crippen molar-refractivity contribution >= 4 is 0 Å². The lowest BCUT2D eigenvalue weighted by molar-refractivity contribution is -0.206. The molecule has 1 unspecified atom stereocenters. The van der Waals surface area contributed by atoms with Crippen molar-refractivity contribution in [2.24, 2.45) is 11.7 Å². The fourth-order valence-corrected chi connectivity index (χ4v) is 1.79. The van der Waals surface area contributed by atoms with Crippen LogP contribution in [0.15, 0.2) is 0 Å². The quantitative estimate of drug-likeness (QED) is 0.539. The summed E-state index contributed by atoms with van der Waals surface area (Å²) in [6.45, 7) is 3.33. The van der Waals surface area contributed by atoms with Gasteiger partial charge in [-0.15, -0.1) is 0 Å². The standard InChI is InChI=1S/C9H19NO3/c1-9(2,12)13-8-4-6(5-11)3-7(8)10/h6-8,11-12H,3-5,10H2,1-2H3/t6-,7+,8?/m0/s1. The maximum absolute atomic E-state index is 9.41. The number of ether oxygens (including phenoxy) is 1. The Morgan fingerprint density at radius 1 is 1.46 bits per heavy atom. The van der Waals surface area contributed by atoms with E-state index >= 15 is 0 Å². The lowest BCUT2D eigenvalue weighted by atomic mass is 10.1. The van der Waals surface area contributed by atoms with Crippen LogP contribution >= 0.6 is 0 Å². The zero-order valence-corrected chi connectivity index (χ0v) is 8.23. The summed E-state index contributed by atoms with van der Waals surface area (Å²) in [6.07, 6.45) is 1.39. The first-order chi connectivity index (χ1) is 5.92. The second-order valence-electron chi connectivity index (χ2n) is 4.29. The number of hydrogen-bond acceptors (Lipinski definition) is 4. The third kappa shape index (κ3) is 3.23. The molecule has 4 N–H and O–H groups in total. The smallest absolute Gasteiger partial charge is 0.160 e. The minimum atomic E-state index is -1.13. The first-order valence-electron chi connectivity index (χ1n) is 4.69. The highest BCUT2D eigenvalue weighted by molar-refractivity contribution is 4.87. The fraction of sp³-hybridized carbons (Fsp3) is 1.00. The minimum absolute atomic E-state index is 0.0661. The summed E-state index contributed by atoms with van der Waals surface area (Å²) in [5.74, 6) is -0.908. The van der Waals surface area contributed by atoms with Crippen molar-refractivity contribution in [3.05, 3.63) is 0 Å². The van der Waals surface area contributed by atoms with Crippen molar-refractivity contribution in [3.8, 4) is 0 Å². The fourth-order valence-electron chi connectivity index (χ4n) is 1.79. The van der Waals surface area contributed by atoms with Crippen LogP contribution in [0.3, 0.4) is 0 Å². The minimum Gasteiger partial charge on any atom is -0.396 e. The zero-order chi connectivity index (χ0) is 10.1. The molecule has 1 aliphatic rings. The predicted molar refractivity (Wildman–Crippen MR) is 49.0 cm³/mol. The Hall–Kier alpha value is -0.160. The Balaban J connectivity index is 2.44. The Labute approximate surface area is 78.7 Å². The molecule has 4 nitrogen and oxygen atoms in total. The molecule has 78 valence electrons. The molecule has 0 radical (unpaired) electrons. The van der Waals surface area contributed by atoms with Crippen LogP contribution in [0.25, 0.3) is 0 Å². The number of aliphatic hydroxyl groups is 2. The highest BCUT2D eigenvalue weighted by atomic mass is 16.6. The van der Waals surface area contributed by atoms with E-state index in [0.717, 1.165) is 12.8 Å². The summed E-state index contributed by atoms with van der Waals surface area (Å²) >= 11 is 0. The number of hydrogen-bond donors (Lipinski definition) is 3. The summed E-state index contributed by atoms with van der Waals surface area (Å²) in [6, 6.07) is -0.0661. The Kier molecular flexibility index (Phi) is 3.29. The predicted octanol–water partition coefficient (Wildman–Crippen LogP) is -0.170. The van der Waals surface area contributed by atoms with Crippen LogP contribution in [0.1, 0.15) is 26.7 Å². The maximum atomic E-state index is 9.41. The molecule has 1 fully saturated rings. The second-order valence-corrected chi connectivity index (χ2v) is 4.29. The number of nitrogens with two attached hydrogens (primary N) is 1. The van der Waals surface area contributed by atoms with E-state index in [2.05, 4.69) is 0 Å². The summed E-state index contributed by atoms with van der Waals surface area (Å²) in [4.78, 5) is 0. The van der Waals surface area contributed by atoms with Gasteiger partial charge in [0.05, 0.1) is 6.10 Å². The van der Waals surface area contributed by atoms with Crippen molar-refractivity contribution < 1.29 is 14.9 Å². The second kappa shape index (κ2) is 3.92. The van der Waals surface area contributed by atoms with Crippen molar-refractivity contribution in [1.82, 2.24) is 0 Å². The zero-order valence-electron chi connectivity index (χ0n) is 8.23. The van der Waals surface area contributed by atoms with Gasteiger partial charge in [-0.05, 0) is 32.6 Å². The van der Waals surface area contributed by atoms with Crippen LogP contribution in [-0.2, 0) is 4.74 Å². The summed E-state index contributed by atoms with van der Waals surface area (Å²) in [7, 11) is 0. The normalized spacial score (nSPS) is 35.3. The molecule has 1 aliphatic carbocycles. The van der Waals surface area contributed by atoms with Gasteiger partial charge < -0.3 is 20.7 Å². The van der Waals surface area contributed by atoms with E-state index in [0.29, 0.717) is 0 Å². The molecule has 0 spiro atoms. The van der Waals surface area contributed by atoms with Crippen LogP contribution in [-0.4, -0.2) is 34.8 Å². The lowest BCUT2D eigenvalue weighted by Gasteiger charge is -2.25. The van der Waals surface area contributed by atoms with Crippen molar-refractivity contribution in [1.29, 1.82) is 0 Å². The number of rotatable bonds is 3. The van der Waals surface area contributed by atoms with Gasteiger partial charge in [0.25, 0.3) is 0 Å². The largest absolute Gasteiger partial charge is 0.396 e. The molecular weight excluding hydrogens is 170 g/mol. The van der Waals surface area contributed by atoms with Gasteiger partial charge in [0, 0.05) is 12.6 Å². The molecule has 0 heterocycles. The summed E-state index contributed by atoms with van der Waals surface area (Å²) in [5.41, 5.74) is 5.80. The molecule has 3 atom stereocenters. The molecule has 4 heteroatoms. The molecule has 13 heavy (non-hydrogen) atoms. The maximum Gasteiger partial charge on any atom is 0.160 e. The SMILES string of the molecule is CC(C)(O)OC1C[C@@H](CO)C[C@H]1N. The molecule has 1 saturated carbocycles. The van der Waals surface area contributed by atoms with Crippen LogP contribution in [0.5, 0.6) is 0 Å². The molecule has 0 saturated heterocycles. The van der Waals surface area contributed by atoms with Gasteiger partial charge in [-0.2, -0.15) is 0 Å². The average molecular weight is 189 g/mol. The lowest BCUT2D eigenvalue weighted by Crippen LogP contribution is -2.38. The van der Waals surface area contributed by atoms with Gasteiger partial charge in [-0.1, -0.05) is 0 Å². The molecule has 1 rings (SSSR count). The third-order valence-corrected chi connectivity index (χ3v) is 2.35. The highest BCUT2D eigenvalue weighted by Crippen LogP contribution is 2.28. The summed E-state index contributed by atoms with van der Waals surface area (Å²) < 4.78 is 5.36. The topological polar surface area (TPSA) is 75.7 Å². The molecule has 0 aromatic carbocycles. The van der Waals surface area contributed by atoms with E-state index in [4.69, 9.17) is 15.6 Å². The monoisotopic (exact) mass is 189 g/mol. The van der Waals surface area contributed by atoms with Crippen LogP contribution in [0.4, 0.5) is 0 Å². The van der Waals surface area contributed by atoms with E-state index in [1.54, 1.807) is 13.8 Å². The first kappa shape index (κ1) is 10.9. The Bertz CT molecular complexity index is 167.